The van der Waals surface area contributed by atoms with E-state index in [1.807, 2.05) is 0 Å². The van der Waals surface area contributed by atoms with Crippen molar-refractivity contribution in [1.82, 2.24) is 10.2 Å². The Kier molecular flexibility index (Phi) is 3.88. The molecule has 0 spiro atoms. The number of carboxylic acids is 1. The highest BCUT2D eigenvalue weighted by Crippen LogP contribution is 2.15. The van der Waals surface area contributed by atoms with Gasteiger partial charge in [0.05, 0.1) is 5.92 Å². The van der Waals surface area contributed by atoms with E-state index in [1.165, 1.54) is 0 Å². The van der Waals surface area contributed by atoms with Gasteiger partial charge in [0.2, 0.25) is 5.91 Å². The predicted molar refractivity (Wildman–Crippen MR) is 50.9 cm³/mol. The number of carboxylic acid groups (broad SMARTS) is 1. The highest BCUT2D eigenvalue weighted by Gasteiger charge is 2.31. The van der Waals surface area contributed by atoms with E-state index in [0.29, 0.717) is 19.5 Å². The van der Waals surface area contributed by atoms with Gasteiger partial charge in [0, 0.05) is 26.6 Å². The van der Waals surface area contributed by atoms with Gasteiger partial charge in [-0.1, -0.05) is 0 Å². The molecule has 0 saturated carbocycles. The van der Waals surface area contributed by atoms with Crippen molar-refractivity contribution in [2.45, 2.75) is 12.8 Å². The third kappa shape index (κ3) is 2.99. The quantitative estimate of drug-likeness (QED) is 0.629. The lowest BCUT2D eigenvalue weighted by Crippen LogP contribution is -2.50. The molecule has 0 unspecified atom stereocenters. The number of rotatable bonds is 5. The van der Waals surface area contributed by atoms with Crippen molar-refractivity contribution >= 4 is 11.9 Å². The largest absolute Gasteiger partial charge is 0.481 e. The fourth-order valence-corrected chi connectivity index (χ4v) is 1.50. The lowest BCUT2D eigenvalue weighted by atomic mass is 10.0. The minimum atomic E-state index is -0.715. The van der Waals surface area contributed by atoms with Gasteiger partial charge in [0.1, 0.15) is 0 Å². The summed E-state index contributed by atoms with van der Waals surface area (Å²) in [4.78, 5) is 23.4. The molecule has 2 N–H and O–H groups in total. The summed E-state index contributed by atoms with van der Waals surface area (Å²) >= 11 is 0. The summed E-state index contributed by atoms with van der Waals surface area (Å²) in [6, 6.07) is 0. The van der Waals surface area contributed by atoms with E-state index in [1.54, 1.807) is 7.05 Å². The van der Waals surface area contributed by atoms with Gasteiger partial charge in [0.25, 0.3) is 0 Å². The minimum absolute atomic E-state index is 0.0420. The van der Waals surface area contributed by atoms with Crippen molar-refractivity contribution < 1.29 is 14.7 Å². The standard InChI is InChI=1S/C9H16N2O3/c1-10-8(12)3-2-4-11-5-7(6-11)9(13)14/h7H,2-6H2,1H3,(H,10,12)(H,13,14). The summed E-state index contributed by atoms with van der Waals surface area (Å²) in [5, 5.41) is 11.2. The maximum atomic E-state index is 10.8. The lowest BCUT2D eigenvalue weighted by molar-refractivity contribution is -0.147. The maximum Gasteiger partial charge on any atom is 0.309 e. The third-order valence-electron chi connectivity index (χ3n) is 2.46. The molecule has 80 valence electrons. The summed E-state index contributed by atoms with van der Waals surface area (Å²) in [7, 11) is 1.62. The lowest BCUT2D eigenvalue weighted by Gasteiger charge is -2.36. The molecule has 14 heavy (non-hydrogen) atoms. The second-order valence-electron chi connectivity index (χ2n) is 3.57. The fraction of sp³-hybridized carbons (Fsp3) is 0.778. The zero-order valence-electron chi connectivity index (χ0n) is 8.32. The molecule has 0 aliphatic carbocycles. The number of likely N-dealkylation sites (tertiary alicyclic amines) is 1. The van der Waals surface area contributed by atoms with Crippen LogP contribution in [0.2, 0.25) is 0 Å². The topological polar surface area (TPSA) is 69.6 Å². The van der Waals surface area contributed by atoms with Crippen molar-refractivity contribution in [3.05, 3.63) is 0 Å². The Morgan fingerprint density at radius 1 is 1.50 bits per heavy atom. The van der Waals surface area contributed by atoms with Crippen LogP contribution in [0.25, 0.3) is 0 Å². The number of carbonyl (C=O) groups excluding carboxylic acids is 1. The number of aliphatic carboxylic acids is 1. The number of carbonyl (C=O) groups is 2. The van der Waals surface area contributed by atoms with Gasteiger partial charge < -0.3 is 15.3 Å². The molecule has 0 aromatic heterocycles. The highest BCUT2D eigenvalue weighted by atomic mass is 16.4. The molecular weight excluding hydrogens is 184 g/mol. The Labute approximate surface area is 83.1 Å². The highest BCUT2D eigenvalue weighted by molar-refractivity contribution is 5.75. The van der Waals surface area contributed by atoms with Crippen LogP contribution in [0, 0.1) is 5.92 Å². The molecule has 5 nitrogen and oxygen atoms in total. The van der Waals surface area contributed by atoms with Crippen LogP contribution in [0.15, 0.2) is 0 Å². The molecule has 5 heteroatoms. The van der Waals surface area contributed by atoms with Crippen LogP contribution in [-0.2, 0) is 9.59 Å². The first-order valence-electron chi connectivity index (χ1n) is 4.79. The third-order valence-corrected chi connectivity index (χ3v) is 2.46. The van der Waals surface area contributed by atoms with Crippen LogP contribution in [0.3, 0.4) is 0 Å². The Morgan fingerprint density at radius 3 is 2.64 bits per heavy atom. The first-order chi connectivity index (χ1) is 6.63. The molecule has 0 aromatic rings. The summed E-state index contributed by atoms with van der Waals surface area (Å²) < 4.78 is 0. The number of nitrogens with one attached hydrogen (secondary N) is 1. The number of hydrogen-bond acceptors (Lipinski definition) is 3. The Bertz CT molecular complexity index is 224. The van der Waals surface area contributed by atoms with Crippen molar-refractivity contribution in [3.8, 4) is 0 Å². The Morgan fingerprint density at radius 2 is 2.14 bits per heavy atom. The van der Waals surface area contributed by atoms with E-state index in [2.05, 4.69) is 10.2 Å². The zero-order chi connectivity index (χ0) is 10.6. The van der Waals surface area contributed by atoms with Crippen LogP contribution in [-0.4, -0.2) is 48.6 Å². The van der Waals surface area contributed by atoms with Gasteiger partial charge in [0.15, 0.2) is 0 Å². The van der Waals surface area contributed by atoms with Crippen molar-refractivity contribution in [2.75, 3.05) is 26.7 Å². The van der Waals surface area contributed by atoms with Gasteiger partial charge in [-0.3, -0.25) is 9.59 Å². The zero-order valence-corrected chi connectivity index (χ0v) is 8.32. The monoisotopic (exact) mass is 200 g/mol. The van der Waals surface area contributed by atoms with Crippen LogP contribution in [0.5, 0.6) is 0 Å². The Hall–Kier alpha value is -1.10. The van der Waals surface area contributed by atoms with E-state index in [4.69, 9.17) is 5.11 Å². The number of nitrogens with zero attached hydrogens (tertiary/aromatic N) is 1. The maximum absolute atomic E-state index is 10.8. The average Bonchev–Trinajstić information content (AvgIpc) is 2.07. The molecule has 1 saturated heterocycles. The molecule has 0 radical (unpaired) electrons. The van der Waals surface area contributed by atoms with Crippen molar-refractivity contribution in [2.24, 2.45) is 5.92 Å². The molecule has 1 rings (SSSR count). The molecule has 1 amide bonds. The average molecular weight is 200 g/mol. The summed E-state index contributed by atoms with van der Waals surface area (Å²) in [5.74, 6) is -0.872. The summed E-state index contributed by atoms with van der Waals surface area (Å²) in [6.45, 7) is 2.07. The fourth-order valence-electron chi connectivity index (χ4n) is 1.50. The second-order valence-corrected chi connectivity index (χ2v) is 3.57. The van der Waals surface area contributed by atoms with E-state index in [0.717, 1.165) is 13.0 Å². The van der Waals surface area contributed by atoms with Crippen LogP contribution in [0.4, 0.5) is 0 Å². The smallest absolute Gasteiger partial charge is 0.309 e. The van der Waals surface area contributed by atoms with Crippen LogP contribution in [0.1, 0.15) is 12.8 Å². The van der Waals surface area contributed by atoms with Crippen molar-refractivity contribution in [1.29, 1.82) is 0 Å². The van der Waals surface area contributed by atoms with Gasteiger partial charge in [-0.05, 0) is 13.0 Å². The molecule has 1 fully saturated rings. The number of amides is 1. The van der Waals surface area contributed by atoms with Gasteiger partial charge in [-0.2, -0.15) is 0 Å². The molecule has 0 aromatic carbocycles. The SMILES string of the molecule is CNC(=O)CCCN1CC(C(=O)O)C1. The van der Waals surface area contributed by atoms with Crippen molar-refractivity contribution in [3.63, 3.8) is 0 Å². The molecule has 0 bridgehead atoms. The molecular formula is C9H16N2O3. The molecule has 1 heterocycles. The first kappa shape index (κ1) is 11.0. The number of hydrogen-bond donors (Lipinski definition) is 2. The van der Waals surface area contributed by atoms with E-state index in [9.17, 15) is 9.59 Å². The van der Waals surface area contributed by atoms with Crippen LogP contribution < -0.4 is 5.32 Å². The summed E-state index contributed by atoms with van der Waals surface area (Å²) in [6.07, 6.45) is 1.32. The first-order valence-corrected chi connectivity index (χ1v) is 4.79. The predicted octanol–water partition coefficient (Wildman–Crippen LogP) is -0.471. The second kappa shape index (κ2) is 4.95. The molecule has 1 aliphatic rings. The normalized spacial score (nSPS) is 17.5. The van der Waals surface area contributed by atoms with E-state index >= 15 is 0 Å². The van der Waals surface area contributed by atoms with Gasteiger partial charge in [-0.25, -0.2) is 0 Å². The Balaban J connectivity index is 2.01. The molecule has 1 aliphatic heterocycles. The minimum Gasteiger partial charge on any atom is -0.481 e. The van der Waals surface area contributed by atoms with Gasteiger partial charge in [-0.15, -0.1) is 0 Å². The van der Waals surface area contributed by atoms with Crippen LogP contribution >= 0.6 is 0 Å². The van der Waals surface area contributed by atoms with E-state index < -0.39 is 5.97 Å². The molecule has 0 atom stereocenters. The summed E-state index contributed by atoms with van der Waals surface area (Å²) in [5.41, 5.74) is 0. The van der Waals surface area contributed by atoms with Gasteiger partial charge >= 0.3 is 5.97 Å². The van der Waals surface area contributed by atoms with E-state index in [-0.39, 0.29) is 11.8 Å².